The number of rotatable bonds is 22. The van der Waals surface area contributed by atoms with Gasteiger partial charge >= 0.3 is 166 Å². The van der Waals surface area contributed by atoms with Crippen molar-refractivity contribution in [3.63, 3.8) is 0 Å². The van der Waals surface area contributed by atoms with Crippen LogP contribution in [0.4, 0.5) is 0 Å². The third-order valence-corrected chi connectivity index (χ3v) is 4.34. The molecular weight excluding hydrogens is 644 g/mol. The van der Waals surface area contributed by atoms with Crippen molar-refractivity contribution in [3.8, 4) is 0 Å². The summed E-state index contributed by atoms with van der Waals surface area (Å²) in [6.07, 6.45) is 0. The van der Waals surface area contributed by atoms with Crippen molar-refractivity contribution >= 4 is 166 Å². The average Bonchev–Trinajstić information content (AvgIpc) is 2.72. The molecule has 0 rings (SSSR count). The van der Waals surface area contributed by atoms with E-state index in [2.05, 4.69) is 0 Å². The fraction of sp³-hybridized carbons (Fsp3) is 0.600. The van der Waals surface area contributed by atoms with Crippen molar-refractivity contribution in [1.29, 1.82) is 0 Å². The minimum absolute atomic E-state index is 0. The topological polar surface area (TPSA) is 311 Å². The molecule has 0 aromatic heterocycles. The zero-order valence-corrected chi connectivity index (χ0v) is 21.1. The number of aliphatic carboxylic acids is 8. The Balaban J connectivity index is -0.000000150. The Kier molecular flexibility index (Phi) is 41.4. The van der Waals surface area contributed by atoms with Crippen molar-refractivity contribution in [2.45, 2.75) is 0 Å². The molecule has 0 aliphatic heterocycles. The molecule has 0 aromatic rings. The van der Waals surface area contributed by atoms with Gasteiger partial charge in [-0.3, -0.25) is 58.0 Å². The Morgan fingerprint density at radius 2 is 0.364 bits per heavy atom. The van der Waals surface area contributed by atoms with Crippen LogP contribution in [0, 0.1) is 0 Å². The number of carbonyl (C=O) groups is 8. The molecule has 0 amide bonds. The van der Waals surface area contributed by atoms with Gasteiger partial charge in [0.05, 0.1) is 52.4 Å². The summed E-state index contributed by atoms with van der Waals surface area (Å²) >= 11 is 0. The molecule has 0 aromatic carbocycles. The predicted molar refractivity (Wildman–Crippen MR) is 155 cm³/mol. The summed E-state index contributed by atoms with van der Waals surface area (Å²) < 4.78 is 0. The molecule has 0 spiro atoms. The summed E-state index contributed by atoms with van der Waals surface area (Å²) in [4.78, 5) is 88.7. The van der Waals surface area contributed by atoms with E-state index in [4.69, 9.17) is 40.9 Å². The van der Waals surface area contributed by atoms with Gasteiger partial charge in [-0.15, -0.1) is 0 Å². The van der Waals surface area contributed by atoms with Gasteiger partial charge in [0, 0.05) is 26.2 Å². The van der Waals surface area contributed by atoms with Crippen LogP contribution >= 0.6 is 0 Å². The van der Waals surface area contributed by atoms with Gasteiger partial charge in [0.25, 0.3) is 0 Å². The Bertz CT molecular complexity index is 722. The van der Waals surface area contributed by atoms with Crippen molar-refractivity contribution < 1.29 is 79.2 Å². The van der Waals surface area contributed by atoms with Gasteiger partial charge in [-0.25, -0.2) is 0 Å². The van der Waals surface area contributed by atoms with Gasteiger partial charge in [-0.2, -0.15) is 0 Å². The van der Waals surface area contributed by atoms with E-state index in [1.165, 1.54) is 0 Å². The molecule has 0 unspecified atom stereocenters. The van der Waals surface area contributed by atoms with Gasteiger partial charge in [0.2, 0.25) is 0 Å². The number of carboxylic acids is 8. The first-order valence-electron chi connectivity index (χ1n) is 11.0. The standard InChI is InChI=1S/2C10H16N2O8.4Na.4H/c2*13-7(14)3-11(4-8(15)16)1-2-12(5-9(17)18)6-10(19)20;;;;;;;;/h2*1-6H2,(H,13,14)(H,15,16)(H,17,18)(H,19,20);;;;;;;;. The third-order valence-electron chi connectivity index (χ3n) is 4.34. The normalized spacial score (nSPS) is 9.73. The Labute approximate surface area is 339 Å². The summed E-state index contributed by atoms with van der Waals surface area (Å²) in [5, 5.41) is 68.9. The van der Waals surface area contributed by atoms with Crippen molar-refractivity contribution in [3.05, 3.63) is 0 Å². The maximum atomic E-state index is 10.6. The Morgan fingerprint density at radius 1 is 0.273 bits per heavy atom. The first-order chi connectivity index (χ1) is 18.4. The van der Waals surface area contributed by atoms with Gasteiger partial charge in [0.1, 0.15) is 0 Å². The fourth-order valence-electron chi connectivity index (χ4n) is 2.95. The minimum atomic E-state index is -1.23. The molecule has 236 valence electrons. The SMILES string of the molecule is O=C(O)CN(CCN(CC(=O)O)CC(=O)O)CC(=O)O.O=C(O)CN(CCN(CC(=O)O)CC(=O)O)CC(=O)O.[NaH].[NaH].[NaH].[NaH]. The van der Waals surface area contributed by atoms with Crippen LogP contribution in [0.1, 0.15) is 0 Å². The van der Waals surface area contributed by atoms with Crippen molar-refractivity contribution in [2.24, 2.45) is 0 Å². The van der Waals surface area contributed by atoms with E-state index in [9.17, 15) is 38.4 Å². The van der Waals surface area contributed by atoms with Gasteiger partial charge in [-0.05, 0) is 0 Å². The van der Waals surface area contributed by atoms with Crippen LogP contribution in [0.2, 0.25) is 0 Å². The van der Waals surface area contributed by atoms with Crippen LogP contribution < -0.4 is 0 Å². The third kappa shape index (κ3) is 39.6. The molecule has 0 bridgehead atoms. The molecule has 24 heteroatoms. The summed E-state index contributed by atoms with van der Waals surface area (Å²) in [5.74, 6) is -9.82. The van der Waals surface area contributed by atoms with E-state index >= 15 is 0 Å². The first-order valence-corrected chi connectivity index (χ1v) is 11.0. The maximum absolute atomic E-state index is 10.6. The second-order valence-electron chi connectivity index (χ2n) is 7.99. The van der Waals surface area contributed by atoms with E-state index in [0.29, 0.717) is 0 Å². The quantitative estimate of drug-likeness (QED) is 0.0493. The molecule has 0 radical (unpaired) electrons. The first kappa shape index (κ1) is 56.0. The van der Waals surface area contributed by atoms with E-state index in [1.54, 1.807) is 0 Å². The molecule has 0 saturated heterocycles. The zero-order valence-electron chi connectivity index (χ0n) is 21.1. The van der Waals surface area contributed by atoms with Gasteiger partial charge in [-0.1, -0.05) is 0 Å². The predicted octanol–water partition coefficient (Wildman–Crippen LogP) is -6.74. The van der Waals surface area contributed by atoms with E-state index in [0.717, 1.165) is 19.6 Å². The summed E-state index contributed by atoms with van der Waals surface area (Å²) in [5.41, 5.74) is 0. The molecule has 0 saturated carbocycles. The summed E-state index contributed by atoms with van der Waals surface area (Å²) in [6.45, 7) is -4.50. The van der Waals surface area contributed by atoms with Crippen LogP contribution in [0.15, 0.2) is 0 Å². The van der Waals surface area contributed by atoms with E-state index in [1.807, 2.05) is 0 Å². The molecular formula is C20H36N4Na4O16. The summed E-state index contributed by atoms with van der Waals surface area (Å²) in [7, 11) is 0. The molecule has 0 fully saturated rings. The van der Waals surface area contributed by atoms with Crippen LogP contribution in [0.25, 0.3) is 0 Å². The van der Waals surface area contributed by atoms with Crippen LogP contribution in [0.3, 0.4) is 0 Å². The molecule has 8 N–H and O–H groups in total. The second-order valence-corrected chi connectivity index (χ2v) is 7.99. The van der Waals surface area contributed by atoms with Gasteiger partial charge < -0.3 is 40.9 Å². The molecule has 44 heavy (non-hydrogen) atoms. The number of carboxylic acid groups (broad SMARTS) is 8. The fourth-order valence-corrected chi connectivity index (χ4v) is 2.95. The molecule has 0 heterocycles. The van der Waals surface area contributed by atoms with Crippen molar-refractivity contribution in [2.75, 3.05) is 78.5 Å². The summed E-state index contributed by atoms with van der Waals surface area (Å²) in [6, 6.07) is 0. The Morgan fingerprint density at radius 3 is 0.432 bits per heavy atom. The average molecular weight is 680 g/mol. The number of hydrogen-bond acceptors (Lipinski definition) is 12. The van der Waals surface area contributed by atoms with Crippen LogP contribution in [-0.4, -0.2) is 305 Å². The molecule has 0 atom stereocenters. The van der Waals surface area contributed by atoms with E-state index < -0.39 is 100 Å². The second kappa shape index (κ2) is 32.5. The van der Waals surface area contributed by atoms with E-state index in [-0.39, 0.29) is 144 Å². The monoisotopic (exact) mass is 680 g/mol. The molecule has 20 nitrogen and oxygen atoms in total. The van der Waals surface area contributed by atoms with Crippen LogP contribution in [-0.2, 0) is 38.4 Å². The zero-order chi connectivity index (χ0) is 31.4. The molecule has 0 aliphatic rings. The van der Waals surface area contributed by atoms with Gasteiger partial charge in [0.15, 0.2) is 0 Å². The van der Waals surface area contributed by atoms with Crippen LogP contribution in [0.5, 0.6) is 0 Å². The molecule has 0 aliphatic carbocycles. The number of hydrogen-bond donors (Lipinski definition) is 8. The number of nitrogens with zero attached hydrogens (tertiary/aromatic N) is 4. The van der Waals surface area contributed by atoms with Crippen molar-refractivity contribution in [1.82, 2.24) is 19.6 Å². The Hall–Kier alpha value is -0.400.